The minimum atomic E-state index is -0.274. The zero-order chi connectivity index (χ0) is 11.5. The normalized spacial score (nSPS) is 19.1. The molecule has 2 rings (SSSR count). The summed E-state index contributed by atoms with van der Waals surface area (Å²) in [7, 11) is 0. The molecular weight excluding hydrogens is 204 g/mol. The maximum Gasteiger partial charge on any atom is 0.414 e. The van der Waals surface area contributed by atoms with E-state index in [4.69, 9.17) is 4.74 Å². The van der Waals surface area contributed by atoms with Crippen LogP contribution in [0.25, 0.3) is 0 Å². The molecule has 1 unspecified atom stereocenters. The third-order valence-electron chi connectivity index (χ3n) is 2.83. The van der Waals surface area contributed by atoms with E-state index in [1.54, 1.807) is 11.1 Å². The monoisotopic (exact) mass is 220 g/mol. The van der Waals surface area contributed by atoms with Crippen LogP contribution in [-0.2, 0) is 11.2 Å². The lowest BCUT2D eigenvalue weighted by atomic mass is 10.0. The summed E-state index contributed by atoms with van der Waals surface area (Å²) in [6, 6.07) is 3.95. The van der Waals surface area contributed by atoms with Gasteiger partial charge in [0.05, 0.1) is 18.0 Å². The number of pyridine rings is 1. The molecule has 0 spiro atoms. The topological polar surface area (TPSA) is 42.4 Å². The summed E-state index contributed by atoms with van der Waals surface area (Å²) >= 11 is 0. The molecule has 2 heterocycles. The molecule has 0 saturated carbocycles. The van der Waals surface area contributed by atoms with Crippen molar-refractivity contribution in [1.29, 1.82) is 0 Å². The Bertz CT molecular complexity index is 392. The summed E-state index contributed by atoms with van der Waals surface area (Å²) in [5, 5.41) is 0. The Morgan fingerprint density at radius 1 is 1.69 bits per heavy atom. The van der Waals surface area contributed by atoms with Crippen LogP contribution in [0.1, 0.15) is 26.0 Å². The molecule has 0 saturated heterocycles. The first-order valence-electron chi connectivity index (χ1n) is 5.64. The molecule has 86 valence electrons. The van der Waals surface area contributed by atoms with Gasteiger partial charge in [0.2, 0.25) is 0 Å². The van der Waals surface area contributed by atoms with Gasteiger partial charge >= 0.3 is 6.09 Å². The SMILES string of the molecule is CCOC(=O)N1c2cccnc2CCC1C. The average molecular weight is 220 g/mol. The second-order valence-corrected chi connectivity index (χ2v) is 3.93. The van der Waals surface area contributed by atoms with Gasteiger partial charge in [0.1, 0.15) is 0 Å². The summed E-state index contributed by atoms with van der Waals surface area (Å²) in [6.45, 7) is 4.25. The van der Waals surface area contributed by atoms with E-state index in [-0.39, 0.29) is 12.1 Å². The summed E-state index contributed by atoms with van der Waals surface area (Å²) in [5.74, 6) is 0. The first-order chi connectivity index (χ1) is 7.74. The number of aryl methyl sites for hydroxylation is 1. The second kappa shape index (κ2) is 4.51. The van der Waals surface area contributed by atoms with Crippen LogP contribution < -0.4 is 4.90 Å². The number of carbonyl (C=O) groups is 1. The standard InChI is InChI=1S/C12H16N2O2/c1-3-16-12(15)14-9(2)6-7-10-11(14)5-4-8-13-10/h4-5,8-9H,3,6-7H2,1-2H3. The van der Waals surface area contributed by atoms with Gasteiger partial charge in [-0.3, -0.25) is 9.88 Å². The molecule has 0 radical (unpaired) electrons. The van der Waals surface area contributed by atoms with E-state index in [1.807, 2.05) is 26.0 Å². The molecule has 1 aliphatic heterocycles. The molecule has 0 bridgehead atoms. The van der Waals surface area contributed by atoms with Crippen molar-refractivity contribution in [3.05, 3.63) is 24.0 Å². The highest BCUT2D eigenvalue weighted by molar-refractivity contribution is 5.89. The van der Waals surface area contributed by atoms with E-state index < -0.39 is 0 Å². The minimum absolute atomic E-state index is 0.177. The van der Waals surface area contributed by atoms with E-state index in [1.165, 1.54) is 0 Å². The number of hydrogen-bond donors (Lipinski definition) is 0. The highest BCUT2D eigenvalue weighted by atomic mass is 16.6. The van der Waals surface area contributed by atoms with Gasteiger partial charge in [0.15, 0.2) is 0 Å². The maximum absolute atomic E-state index is 11.8. The van der Waals surface area contributed by atoms with E-state index in [0.717, 1.165) is 24.2 Å². The number of anilines is 1. The summed E-state index contributed by atoms with van der Waals surface area (Å²) in [6.07, 6.45) is 3.35. The van der Waals surface area contributed by atoms with Crippen molar-refractivity contribution in [2.75, 3.05) is 11.5 Å². The van der Waals surface area contributed by atoms with Crippen molar-refractivity contribution >= 4 is 11.8 Å². The van der Waals surface area contributed by atoms with Crippen molar-refractivity contribution < 1.29 is 9.53 Å². The van der Waals surface area contributed by atoms with E-state index in [9.17, 15) is 4.79 Å². The van der Waals surface area contributed by atoms with Crippen molar-refractivity contribution in [2.24, 2.45) is 0 Å². The van der Waals surface area contributed by atoms with Crippen molar-refractivity contribution in [3.8, 4) is 0 Å². The van der Waals surface area contributed by atoms with Gasteiger partial charge in [-0.2, -0.15) is 0 Å². The number of hydrogen-bond acceptors (Lipinski definition) is 3. The number of nitrogens with zero attached hydrogens (tertiary/aromatic N) is 2. The lowest BCUT2D eigenvalue weighted by molar-refractivity contribution is 0.156. The van der Waals surface area contributed by atoms with Gasteiger partial charge in [0.25, 0.3) is 0 Å². The number of fused-ring (bicyclic) bond motifs is 1. The lowest BCUT2D eigenvalue weighted by Gasteiger charge is -2.33. The molecule has 0 fully saturated rings. The predicted molar refractivity (Wildman–Crippen MR) is 61.5 cm³/mol. The Hall–Kier alpha value is -1.58. The summed E-state index contributed by atoms with van der Waals surface area (Å²) in [5.41, 5.74) is 1.87. The minimum Gasteiger partial charge on any atom is -0.449 e. The zero-order valence-electron chi connectivity index (χ0n) is 9.64. The number of amides is 1. The molecule has 1 aromatic heterocycles. The molecule has 0 N–H and O–H groups in total. The third-order valence-corrected chi connectivity index (χ3v) is 2.83. The molecule has 0 aliphatic carbocycles. The number of rotatable bonds is 1. The van der Waals surface area contributed by atoms with Gasteiger partial charge in [-0.25, -0.2) is 4.79 Å². The van der Waals surface area contributed by atoms with E-state index in [2.05, 4.69) is 4.98 Å². The van der Waals surface area contributed by atoms with Crippen molar-refractivity contribution in [1.82, 2.24) is 4.98 Å². The lowest BCUT2D eigenvalue weighted by Crippen LogP contribution is -2.42. The second-order valence-electron chi connectivity index (χ2n) is 3.93. The van der Waals surface area contributed by atoms with Crippen molar-refractivity contribution in [2.45, 2.75) is 32.7 Å². The quantitative estimate of drug-likeness (QED) is 0.729. The molecule has 4 heteroatoms. The van der Waals surface area contributed by atoms with Crippen LogP contribution in [0.5, 0.6) is 0 Å². The fraction of sp³-hybridized carbons (Fsp3) is 0.500. The maximum atomic E-state index is 11.8. The fourth-order valence-electron chi connectivity index (χ4n) is 2.02. The Morgan fingerprint density at radius 3 is 3.25 bits per heavy atom. The molecule has 4 nitrogen and oxygen atoms in total. The van der Waals surface area contributed by atoms with E-state index in [0.29, 0.717) is 6.61 Å². The molecule has 16 heavy (non-hydrogen) atoms. The van der Waals surface area contributed by atoms with Crippen LogP contribution in [-0.4, -0.2) is 23.7 Å². The Labute approximate surface area is 95.2 Å². The van der Waals surface area contributed by atoms with Crippen LogP contribution in [0.3, 0.4) is 0 Å². The Balaban J connectivity index is 2.33. The van der Waals surface area contributed by atoms with Gasteiger partial charge in [-0.1, -0.05) is 0 Å². The molecule has 1 aliphatic rings. The zero-order valence-corrected chi connectivity index (χ0v) is 9.64. The predicted octanol–water partition coefficient (Wildman–Crippen LogP) is 2.38. The summed E-state index contributed by atoms with van der Waals surface area (Å²) in [4.78, 5) is 17.8. The number of carbonyl (C=O) groups excluding carboxylic acids is 1. The first-order valence-corrected chi connectivity index (χ1v) is 5.64. The molecule has 1 amide bonds. The van der Waals surface area contributed by atoms with Crippen molar-refractivity contribution in [3.63, 3.8) is 0 Å². The summed E-state index contributed by atoms with van der Waals surface area (Å²) < 4.78 is 5.07. The van der Waals surface area contributed by atoms with E-state index >= 15 is 0 Å². The van der Waals surface area contributed by atoms with Gasteiger partial charge in [-0.15, -0.1) is 0 Å². The Kier molecular flexibility index (Phi) is 3.08. The van der Waals surface area contributed by atoms with Gasteiger partial charge in [-0.05, 0) is 38.8 Å². The highest BCUT2D eigenvalue weighted by Crippen LogP contribution is 2.29. The van der Waals surface area contributed by atoms with Gasteiger partial charge in [0, 0.05) is 12.2 Å². The van der Waals surface area contributed by atoms with Crippen LogP contribution in [0.2, 0.25) is 0 Å². The first kappa shape index (κ1) is 10.9. The fourth-order valence-corrected chi connectivity index (χ4v) is 2.02. The van der Waals surface area contributed by atoms with Gasteiger partial charge < -0.3 is 4.74 Å². The molecule has 1 aromatic rings. The number of aromatic nitrogens is 1. The largest absolute Gasteiger partial charge is 0.449 e. The number of ether oxygens (including phenoxy) is 1. The Morgan fingerprint density at radius 2 is 2.50 bits per heavy atom. The average Bonchev–Trinajstić information content (AvgIpc) is 2.29. The van der Waals surface area contributed by atoms with Crippen LogP contribution in [0.15, 0.2) is 18.3 Å². The third kappa shape index (κ3) is 1.87. The highest BCUT2D eigenvalue weighted by Gasteiger charge is 2.29. The molecule has 0 aromatic carbocycles. The molecule has 1 atom stereocenters. The molecular formula is C12H16N2O2. The van der Waals surface area contributed by atoms with Crippen LogP contribution >= 0.6 is 0 Å². The smallest absolute Gasteiger partial charge is 0.414 e. The van der Waals surface area contributed by atoms with Crippen LogP contribution in [0.4, 0.5) is 10.5 Å². The van der Waals surface area contributed by atoms with Crippen LogP contribution in [0, 0.1) is 0 Å².